The molecule has 24 heavy (non-hydrogen) atoms. The predicted molar refractivity (Wildman–Crippen MR) is 101 cm³/mol. The normalized spacial score (nSPS) is 23.3. The summed E-state index contributed by atoms with van der Waals surface area (Å²) >= 11 is 4.71. The Bertz CT molecular complexity index is 611. The summed E-state index contributed by atoms with van der Waals surface area (Å²) in [6.45, 7) is 4.21. The van der Waals surface area contributed by atoms with Gasteiger partial charge in [0.2, 0.25) is 5.91 Å². The Kier molecular flexibility index (Phi) is 6.68. The first-order chi connectivity index (χ1) is 11.3. The Labute approximate surface area is 155 Å². The van der Waals surface area contributed by atoms with Crippen LogP contribution in [0, 0.1) is 5.92 Å². The van der Waals surface area contributed by atoms with Gasteiger partial charge in [-0.3, -0.25) is 15.0 Å². The van der Waals surface area contributed by atoms with Gasteiger partial charge >= 0.3 is 0 Å². The summed E-state index contributed by atoms with van der Waals surface area (Å²) in [5.74, 6) is 0.248. The molecule has 132 valence electrons. The third-order valence-corrected chi connectivity index (χ3v) is 5.99. The molecular formula is C16H23BrN4O2S. The zero-order chi connectivity index (χ0) is 17.9. The van der Waals surface area contributed by atoms with Crippen molar-refractivity contribution in [1.29, 1.82) is 0 Å². The van der Waals surface area contributed by atoms with Crippen LogP contribution in [0.4, 0.5) is 10.5 Å². The second-order valence-corrected chi connectivity index (χ2v) is 8.28. The minimum Gasteiger partial charge on any atom is -0.339 e. The predicted octanol–water partition coefficient (Wildman–Crippen LogP) is 2.66. The highest BCUT2D eigenvalue weighted by Crippen LogP contribution is 2.29. The molecule has 1 aliphatic heterocycles. The SMILES string of the molecule is CC(C)C1NNC(C(=O)Nc2ccccc2SC(=O)N(C)C)C1Br. The van der Waals surface area contributed by atoms with E-state index in [-0.39, 0.29) is 28.1 Å². The van der Waals surface area contributed by atoms with Crippen molar-refractivity contribution < 1.29 is 9.59 Å². The Morgan fingerprint density at radius 3 is 2.50 bits per heavy atom. The van der Waals surface area contributed by atoms with Crippen LogP contribution in [0.3, 0.4) is 0 Å². The van der Waals surface area contributed by atoms with Crippen molar-refractivity contribution in [2.75, 3.05) is 19.4 Å². The topological polar surface area (TPSA) is 73.5 Å². The van der Waals surface area contributed by atoms with Crippen molar-refractivity contribution in [2.24, 2.45) is 5.92 Å². The molecule has 1 aromatic carbocycles. The van der Waals surface area contributed by atoms with Crippen LogP contribution in [0.15, 0.2) is 29.2 Å². The number of amides is 2. The molecule has 3 N–H and O–H groups in total. The van der Waals surface area contributed by atoms with Crippen LogP contribution in [0.5, 0.6) is 0 Å². The molecule has 3 atom stereocenters. The van der Waals surface area contributed by atoms with Gasteiger partial charge < -0.3 is 10.2 Å². The fourth-order valence-corrected chi connectivity index (χ4v) is 4.21. The number of hydrogen-bond acceptors (Lipinski definition) is 5. The lowest BCUT2D eigenvalue weighted by molar-refractivity contribution is -0.117. The minimum absolute atomic E-state index is 0.0132. The van der Waals surface area contributed by atoms with Crippen LogP contribution in [0.1, 0.15) is 13.8 Å². The second kappa shape index (κ2) is 8.33. The summed E-state index contributed by atoms with van der Waals surface area (Å²) in [7, 11) is 3.40. The number of alkyl halides is 1. The molecular weight excluding hydrogens is 392 g/mol. The van der Waals surface area contributed by atoms with Gasteiger partial charge in [-0.15, -0.1) is 0 Å². The molecule has 3 unspecified atom stereocenters. The molecule has 1 heterocycles. The monoisotopic (exact) mass is 414 g/mol. The highest BCUT2D eigenvalue weighted by molar-refractivity contribution is 9.09. The molecule has 0 aliphatic carbocycles. The Morgan fingerprint density at radius 1 is 1.25 bits per heavy atom. The largest absolute Gasteiger partial charge is 0.339 e. The van der Waals surface area contributed by atoms with E-state index in [1.807, 2.05) is 18.2 Å². The van der Waals surface area contributed by atoms with E-state index in [0.717, 1.165) is 16.7 Å². The molecule has 1 aromatic rings. The lowest BCUT2D eigenvalue weighted by Crippen LogP contribution is -2.42. The van der Waals surface area contributed by atoms with Crippen molar-refractivity contribution >= 4 is 44.5 Å². The summed E-state index contributed by atoms with van der Waals surface area (Å²) < 4.78 is 0. The number of thioether (sulfide) groups is 1. The lowest BCUT2D eigenvalue weighted by atomic mass is 9.99. The van der Waals surface area contributed by atoms with Gasteiger partial charge in [0.25, 0.3) is 5.24 Å². The zero-order valence-corrected chi connectivity index (χ0v) is 16.6. The van der Waals surface area contributed by atoms with Gasteiger partial charge in [0.15, 0.2) is 0 Å². The molecule has 1 aliphatic rings. The molecule has 1 fully saturated rings. The zero-order valence-electron chi connectivity index (χ0n) is 14.2. The highest BCUT2D eigenvalue weighted by Gasteiger charge is 2.39. The number of carbonyl (C=O) groups is 2. The van der Waals surface area contributed by atoms with Crippen molar-refractivity contribution in [3.8, 4) is 0 Å². The third kappa shape index (κ3) is 4.50. The molecule has 2 rings (SSSR count). The summed E-state index contributed by atoms with van der Waals surface area (Å²) in [6, 6.07) is 7.08. The molecule has 0 bridgehead atoms. The number of hydrazine groups is 1. The number of halogens is 1. The summed E-state index contributed by atoms with van der Waals surface area (Å²) in [5.41, 5.74) is 6.84. The summed E-state index contributed by atoms with van der Waals surface area (Å²) in [6.07, 6.45) is 0. The van der Waals surface area contributed by atoms with Crippen LogP contribution in [0.2, 0.25) is 0 Å². The lowest BCUT2D eigenvalue weighted by Gasteiger charge is -2.20. The van der Waals surface area contributed by atoms with Crippen molar-refractivity contribution in [1.82, 2.24) is 15.8 Å². The number of rotatable bonds is 4. The molecule has 2 amide bonds. The van der Waals surface area contributed by atoms with Crippen LogP contribution in [0.25, 0.3) is 0 Å². The molecule has 0 saturated carbocycles. The molecule has 0 spiro atoms. The van der Waals surface area contributed by atoms with E-state index in [2.05, 4.69) is 45.9 Å². The van der Waals surface area contributed by atoms with E-state index in [4.69, 9.17) is 0 Å². The molecule has 6 nitrogen and oxygen atoms in total. The molecule has 8 heteroatoms. The van der Waals surface area contributed by atoms with E-state index in [1.165, 1.54) is 4.90 Å². The van der Waals surface area contributed by atoms with E-state index >= 15 is 0 Å². The molecule has 0 aromatic heterocycles. The number of nitrogens with one attached hydrogen (secondary N) is 3. The van der Waals surface area contributed by atoms with E-state index < -0.39 is 0 Å². The quantitative estimate of drug-likeness (QED) is 0.521. The third-order valence-electron chi connectivity index (χ3n) is 3.78. The number of nitrogens with zero attached hydrogens (tertiary/aromatic N) is 1. The minimum atomic E-state index is -0.389. The number of benzene rings is 1. The van der Waals surface area contributed by atoms with Crippen LogP contribution in [-0.4, -0.2) is 47.1 Å². The van der Waals surface area contributed by atoms with Gasteiger partial charge in [0.05, 0.1) is 10.5 Å². The fourth-order valence-electron chi connectivity index (χ4n) is 2.35. The fraction of sp³-hybridized carbons (Fsp3) is 0.500. The van der Waals surface area contributed by atoms with Crippen molar-refractivity contribution in [3.05, 3.63) is 24.3 Å². The number of anilines is 1. The van der Waals surface area contributed by atoms with Gasteiger partial charge in [0.1, 0.15) is 6.04 Å². The Morgan fingerprint density at radius 2 is 1.92 bits per heavy atom. The van der Waals surface area contributed by atoms with Gasteiger partial charge in [-0.2, -0.15) is 0 Å². The highest BCUT2D eigenvalue weighted by atomic mass is 79.9. The van der Waals surface area contributed by atoms with Crippen molar-refractivity contribution in [2.45, 2.75) is 35.7 Å². The van der Waals surface area contributed by atoms with E-state index in [9.17, 15) is 9.59 Å². The number of para-hydroxylation sites is 1. The smallest absolute Gasteiger partial charge is 0.286 e. The first-order valence-corrected chi connectivity index (χ1v) is 9.48. The average Bonchev–Trinajstić information content (AvgIpc) is 2.91. The maximum absolute atomic E-state index is 12.6. The first kappa shape index (κ1) is 19.2. The van der Waals surface area contributed by atoms with Crippen LogP contribution >= 0.6 is 27.7 Å². The van der Waals surface area contributed by atoms with Gasteiger partial charge in [-0.05, 0) is 29.8 Å². The first-order valence-electron chi connectivity index (χ1n) is 7.75. The molecule has 1 saturated heterocycles. The Balaban J connectivity index is 2.08. The maximum atomic E-state index is 12.6. The molecule has 0 radical (unpaired) electrons. The van der Waals surface area contributed by atoms with Crippen LogP contribution in [-0.2, 0) is 4.79 Å². The average molecular weight is 415 g/mol. The van der Waals surface area contributed by atoms with E-state index in [0.29, 0.717) is 11.6 Å². The van der Waals surface area contributed by atoms with Crippen LogP contribution < -0.4 is 16.2 Å². The van der Waals surface area contributed by atoms with Gasteiger partial charge in [0, 0.05) is 25.0 Å². The van der Waals surface area contributed by atoms with Gasteiger partial charge in [-0.25, -0.2) is 5.43 Å². The summed E-state index contributed by atoms with van der Waals surface area (Å²) in [4.78, 5) is 26.8. The second-order valence-electron chi connectivity index (χ2n) is 6.23. The van der Waals surface area contributed by atoms with E-state index in [1.54, 1.807) is 20.2 Å². The standard InChI is InChI=1S/C16H23BrN4O2S/c1-9(2)13-12(17)14(20-19-13)15(22)18-10-7-5-6-8-11(10)24-16(23)21(3)4/h5-9,12-14,19-20H,1-4H3,(H,18,22). The van der Waals surface area contributed by atoms with Crippen molar-refractivity contribution in [3.63, 3.8) is 0 Å². The summed E-state index contributed by atoms with van der Waals surface area (Å²) in [5, 5.41) is 2.84. The maximum Gasteiger partial charge on any atom is 0.286 e. The number of hydrogen-bond donors (Lipinski definition) is 3. The Hall–Kier alpha value is -1.09. The van der Waals surface area contributed by atoms with Gasteiger partial charge in [-0.1, -0.05) is 41.9 Å². The number of carbonyl (C=O) groups excluding carboxylic acids is 2.